The van der Waals surface area contributed by atoms with E-state index in [1.807, 2.05) is 6.07 Å². The third-order valence-corrected chi connectivity index (χ3v) is 4.58. The molecule has 2 aliphatic rings. The molecule has 1 fully saturated rings. The van der Waals surface area contributed by atoms with E-state index in [0.29, 0.717) is 12.6 Å². The standard InChI is InChI=1S/C17H24N2O/c20-17(12-18-14-8-2-3-9-14)19-16-11-5-7-13-6-1-4-10-15(13)16/h5,7,11,14,18H,1-4,6,8-10,12H2,(H,19,20). The van der Waals surface area contributed by atoms with Crippen molar-refractivity contribution in [1.82, 2.24) is 5.32 Å². The molecule has 1 saturated carbocycles. The number of fused-ring (bicyclic) bond motifs is 1. The summed E-state index contributed by atoms with van der Waals surface area (Å²) < 4.78 is 0. The van der Waals surface area contributed by atoms with E-state index in [-0.39, 0.29) is 5.91 Å². The smallest absolute Gasteiger partial charge is 0.238 e. The Morgan fingerprint density at radius 3 is 2.75 bits per heavy atom. The zero-order chi connectivity index (χ0) is 13.8. The number of amides is 1. The summed E-state index contributed by atoms with van der Waals surface area (Å²) in [5, 5.41) is 6.46. The second-order valence-electron chi connectivity index (χ2n) is 6.06. The molecule has 0 unspecified atom stereocenters. The van der Waals surface area contributed by atoms with Crippen LogP contribution in [0.4, 0.5) is 5.69 Å². The number of carbonyl (C=O) groups is 1. The highest BCUT2D eigenvalue weighted by Crippen LogP contribution is 2.27. The van der Waals surface area contributed by atoms with E-state index in [9.17, 15) is 4.79 Å². The fourth-order valence-corrected chi connectivity index (χ4v) is 3.46. The minimum atomic E-state index is 0.0934. The molecule has 1 aromatic rings. The van der Waals surface area contributed by atoms with Crippen LogP contribution < -0.4 is 10.6 Å². The highest BCUT2D eigenvalue weighted by atomic mass is 16.1. The number of rotatable bonds is 4. The molecular formula is C17H24N2O. The summed E-state index contributed by atoms with van der Waals surface area (Å²) in [6, 6.07) is 6.84. The van der Waals surface area contributed by atoms with Gasteiger partial charge in [0.15, 0.2) is 0 Å². The third-order valence-electron chi connectivity index (χ3n) is 4.58. The van der Waals surface area contributed by atoms with E-state index >= 15 is 0 Å². The minimum absolute atomic E-state index is 0.0934. The molecule has 0 radical (unpaired) electrons. The largest absolute Gasteiger partial charge is 0.325 e. The van der Waals surface area contributed by atoms with Gasteiger partial charge in [-0.25, -0.2) is 0 Å². The zero-order valence-corrected chi connectivity index (χ0v) is 12.1. The van der Waals surface area contributed by atoms with Crippen molar-refractivity contribution >= 4 is 11.6 Å². The molecule has 3 nitrogen and oxygen atoms in total. The van der Waals surface area contributed by atoms with Crippen LogP contribution in [-0.2, 0) is 17.6 Å². The summed E-state index contributed by atoms with van der Waals surface area (Å²) in [4.78, 5) is 12.1. The molecule has 3 rings (SSSR count). The Labute approximate surface area is 121 Å². The van der Waals surface area contributed by atoms with E-state index in [0.717, 1.165) is 18.5 Å². The fourth-order valence-electron chi connectivity index (χ4n) is 3.46. The Hall–Kier alpha value is -1.35. The molecule has 0 aliphatic heterocycles. The van der Waals surface area contributed by atoms with Crippen LogP contribution in [0.25, 0.3) is 0 Å². The van der Waals surface area contributed by atoms with Crippen molar-refractivity contribution in [3.8, 4) is 0 Å². The van der Waals surface area contributed by atoms with Crippen molar-refractivity contribution in [3.63, 3.8) is 0 Å². The van der Waals surface area contributed by atoms with Gasteiger partial charge in [0.2, 0.25) is 5.91 Å². The maximum atomic E-state index is 12.1. The van der Waals surface area contributed by atoms with Gasteiger partial charge in [-0.1, -0.05) is 25.0 Å². The van der Waals surface area contributed by atoms with Crippen LogP contribution >= 0.6 is 0 Å². The molecule has 2 aliphatic carbocycles. The molecule has 1 amide bonds. The highest BCUT2D eigenvalue weighted by molar-refractivity contribution is 5.93. The van der Waals surface area contributed by atoms with Crippen molar-refractivity contribution in [1.29, 1.82) is 0 Å². The minimum Gasteiger partial charge on any atom is -0.325 e. The van der Waals surface area contributed by atoms with Gasteiger partial charge >= 0.3 is 0 Å². The lowest BCUT2D eigenvalue weighted by Crippen LogP contribution is -2.34. The second-order valence-corrected chi connectivity index (χ2v) is 6.06. The number of hydrogen-bond acceptors (Lipinski definition) is 2. The SMILES string of the molecule is O=C(CNC1CCCC1)Nc1cccc2c1CCCC2. The molecular weight excluding hydrogens is 248 g/mol. The maximum absolute atomic E-state index is 12.1. The van der Waals surface area contributed by atoms with Gasteiger partial charge in [0.1, 0.15) is 0 Å². The van der Waals surface area contributed by atoms with Gasteiger partial charge in [-0.3, -0.25) is 4.79 Å². The summed E-state index contributed by atoms with van der Waals surface area (Å²) in [6.07, 6.45) is 9.79. The first-order chi connectivity index (χ1) is 9.83. The molecule has 0 atom stereocenters. The van der Waals surface area contributed by atoms with Gasteiger partial charge < -0.3 is 10.6 Å². The predicted octanol–water partition coefficient (Wildman–Crippen LogP) is 3.04. The van der Waals surface area contributed by atoms with Crippen LogP contribution in [0.15, 0.2) is 18.2 Å². The van der Waals surface area contributed by atoms with Crippen molar-refractivity contribution in [2.24, 2.45) is 0 Å². The molecule has 108 valence electrons. The van der Waals surface area contributed by atoms with Gasteiger partial charge in [-0.15, -0.1) is 0 Å². The number of carbonyl (C=O) groups excluding carboxylic acids is 1. The fraction of sp³-hybridized carbons (Fsp3) is 0.588. The third kappa shape index (κ3) is 3.21. The van der Waals surface area contributed by atoms with Gasteiger partial charge in [0.05, 0.1) is 6.54 Å². The molecule has 0 bridgehead atoms. The lowest BCUT2D eigenvalue weighted by molar-refractivity contribution is -0.115. The molecule has 0 saturated heterocycles. The van der Waals surface area contributed by atoms with Crippen LogP contribution in [0, 0.1) is 0 Å². The molecule has 0 aromatic heterocycles. The molecule has 20 heavy (non-hydrogen) atoms. The van der Waals surface area contributed by atoms with Crippen LogP contribution in [0.2, 0.25) is 0 Å². The van der Waals surface area contributed by atoms with E-state index in [4.69, 9.17) is 0 Å². The summed E-state index contributed by atoms with van der Waals surface area (Å²) in [5.74, 6) is 0.0934. The van der Waals surface area contributed by atoms with Gasteiger partial charge in [-0.05, 0) is 55.7 Å². The Morgan fingerprint density at radius 1 is 1.10 bits per heavy atom. The number of hydrogen-bond donors (Lipinski definition) is 2. The molecule has 3 heteroatoms. The first kappa shape index (κ1) is 13.6. The van der Waals surface area contributed by atoms with Crippen molar-refractivity contribution in [2.75, 3.05) is 11.9 Å². The van der Waals surface area contributed by atoms with Crippen molar-refractivity contribution < 1.29 is 4.79 Å². The topological polar surface area (TPSA) is 41.1 Å². The number of benzene rings is 1. The Kier molecular flexibility index (Phi) is 4.36. The number of anilines is 1. The van der Waals surface area contributed by atoms with E-state index in [1.165, 1.54) is 49.7 Å². The predicted molar refractivity (Wildman–Crippen MR) is 82.0 cm³/mol. The van der Waals surface area contributed by atoms with Gasteiger partial charge in [0, 0.05) is 11.7 Å². The molecule has 1 aromatic carbocycles. The quantitative estimate of drug-likeness (QED) is 0.884. The molecule has 2 N–H and O–H groups in total. The molecule has 0 heterocycles. The monoisotopic (exact) mass is 272 g/mol. The molecule has 0 spiro atoms. The lowest BCUT2D eigenvalue weighted by atomic mass is 9.90. The van der Waals surface area contributed by atoms with Crippen LogP contribution in [0.3, 0.4) is 0 Å². The first-order valence-corrected chi connectivity index (χ1v) is 7.97. The van der Waals surface area contributed by atoms with Crippen LogP contribution in [-0.4, -0.2) is 18.5 Å². The van der Waals surface area contributed by atoms with Crippen molar-refractivity contribution in [2.45, 2.75) is 57.4 Å². The van der Waals surface area contributed by atoms with Gasteiger partial charge in [-0.2, -0.15) is 0 Å². The summed E-state index contributed by atoms with van der Waals surface area (Å²) in [5.41, 5.74) is 3.80. The number of aryl methyl sites for hydroxylation is 1. The maximum Gasteiger partial charge on any atom is 0.238 e. The van der Waals surface area contributed by atoms with Crippen LogP contribution in [0.1, 0.15) is 49.7 Å². The second kappa shape index (κ2) is 6.40. The normalized spacial score (nSPS) is 18.8. The van der Waals surface area contributed by atoms with E-state index < -0.39 is 0 Å². The Bertz CT molecular complexity index is 478. The Balaban J connectivity index is 1.58. The summed E-state index contributed by atoms with van der Waals surface area (Å²) in [6.45, 7) is 0.439. The number of nitrogens with one attached hydrogen (secondary N) is 2. The average Bonchev–Trinajstić information content (AvgIpc) is 2.99. The zero-order valence-electron chi connectivity index (χ0n) is 12.1. The average molecular weight is 272 g/mol. The van der Waals surface area contributed by atoms with E-state index in [1.54, 1.807) is 0 Å². The summed E-state index contributed by atoms with van der Waals surface area (Å²) in [7, 11) is 0. The first-order valence-electron chi connectivity index (χ1n) is 7.97. The highest BCUT2D eigenvalue weighted by Gasteiger charge is 2.17. The van der Waals surface area contributed by atoms with E-state index in [2.05, 4.69) is 22.8 Å². The summed E-state index contributed by atoms with van der Waals surface area (Å²) >= 11 is 0. The lowest BCUT2D eigenvalue weighted by Gasteiger charge is -2.20. The van der Waals surface area contributed by atoms with Gasteiger partial charge in [0.25, 0.3) is 0 Å². The van der Waals surface area contributed by atoms with Crippen molar-refractivity contribution in [3.05, 3.63) is 29.3 Å². The van der Waals surface area contributed by atoms with Crippen LogP contribution in [0.5, 0.6) is 0 Å². The Morgan fingerprint density at radius 2 is 1.90 bits per heavy atom.